The van der Waals surface area contributed by atoms with Gasteiger partial charge in [0.05, 0.1) is 0 Å². The van der Waals surface area contributed by atoms with Gasteiger partial charge < -0.3 is 14.7 Å². The van der Waals surface area contributed by atoms with Crippen LogP contribution in [0.3, 0.4) is 0 Å². The second-order valence-electron chi connectivity index (χ2n) is 4.12. The van der Waals surface area contributed by atoms with Crippen molar-refractivity contribution >= 4 is 34.6 Å². The summed E-state index contributed by atoms with van der Waals surface area (Å²) in [6, 6.07) is 3.38. The van der Waals surface area contributed by atoms with E-state index in [1.165, 1.54) is 6.07 Å². The number of carbonyl (C=O) groups is 2. The van der Waals surface area contributed by atoms with E-state index in [9.17, 15) is 9.59 Å². The number of thiophene rings is 2. The number of amides is 1. The molecular weight excluding hydrogens is 298 g/mol. The first-order chi connectivity index (χ1) is 9.56. The maximum absolute atomic E-state index is 11.9. The summed E-state index contributed by atoms with van der Waals surface area (Å²) >= 11 is 2.66. The normalized spacial score (nSPS) is 10.2. The highest BCUT2D eigenvalue weighted by Crippen LogP contribution is 2.21. The molecule has 0 saturated heterocycles. The maximum Gasteiger partial charge on any atom is 0.346 e. The lowest BCUT2D eigenvalue weighted by atomic mass is 10.3. The van der Waals surface area contributed by atoms with Crippen molar-refractivity contribution in [1.82, 2.24) is 4.90 Å². The first kappa shape index (κ1) is 14.5. The summed E-state index contributed by atoms with van der Waals surface area (Å²) in [5, 5.41) is 14.3. The molecule has 0 bridgehead atoms. The molecule has 0 radical (unpaired) electrons. The number of hydrogen-bond acceptors (Lipinski definition) is 5. The van der Waals surface area contributed by atoms with E-state index in [1.54, 1.807) is 28.7 Å². The Labute approximate surface area is 124 Å². The number of aromatic carboxylic acids is 1. The quantitative estimate of drug-likeness (QED) is 0.890. The van der Waals surface area contributed by atoms with Crippen molar-refractivity contribution < 1.29 is 19.4 Å². The number of carboxylic acids is 1. The molecule has 0 fully saturated rings. The third kappa shape index (κ3) is 3.82. The van der Waals surface area contributed by atoms with Gasteiger partial charge in [0.2, 0.25) is 0 Å². The monoisotopic (exact) mass is 311 g/mol. The summed E-state index contributed by atoms with van der Waals surface area (Å²) in [6.07, 6.45) is 0. The number of ether oxygens (including phenoxy) is 1. The molecule has 2 aromatic rings. The van der Waals surface area contributed by atoms with Crippen LogP contribution in [0, 0.1) is 0 Å². The van der Waals surface area contributed by atoms with E-state index in [1.807, 2.05) is 16.8 Å². The minimum absolute atomic E-state index is 0.101. The highest BCUT2D eigenvalue weighted by molar-refractivity contribution is 7.12. The van der Waals surface area contributed by atoms with Crippen LogP contribution in [0.15, 0.2) is 28.3 Å². The fourth-order valence-electron chi connectivity index (χ4n) is 1.51. The van der Waals surface area contributed by atoms with E-state index in [2.05, 4.69) is 0 Å². The van der Waals surface area contributed by atoms with Crippen molar-refractivity contribution in [1.29, 1.82) is 0 Å². The number of likely N-dealkylation sites (N-methyl/N-ethyl adjacent to an activating group) is 1. The lowest BCUT2D eigenvalue weighted by molar-refractivity contribution is -0.132. The number of carbonyl (C=O) groups excluding carboxylic acids is 1. The van der Waals surface area contributed by atoms with Gasteiger partial charge in [-0.15, -0.1) is 11.3 Å². The molecule has 0 atom stereocenters. The minimum Gasteiger partial charge on any atom is -0.483 e. The smallest absolute Gasteiger partial charge is 0.346 e. The lowest BCUT2D eigenvalue weighted by Crippen LogP contribution is -2.30. The molecule has 0 aliphatic rings. The molecule has 1 amide bonds. The van der Waals surface area contributed by atoms with Crippen molar-refractivity contribution in [3.8, 4) is 5.75 Å². The average molecular weight is 311 g/mol. The lowest BCUT2D eigenvalue weighted by Gasteiger charge is -2.16. The maximum atomic E-state index is 11.9. The first-order valence-electron chi connectivity index (χ1n) is 5.76. The second kappa shape index (κ2) is 6.53. The Morgan fingerprint density at radius 2 is 2.20 bits per heavy atom. The van der Waals surface area contributed by atoms with Gasteiger partial charge in [0.1, 0.15) is 10.6 Å². The van der Waals surface area contributed by atoms with Gasteiger partial charge >= 0.3 is 5.97 Å². The highest BCUT2D eigenvalue weighted by Gasteiger charge is 2.12. The molecule has 0 saturated carbocycles. The van der Waals surface area contributed by atoms with Crippen LogP contribution in [0.2, 0.25) is 0 Å². The minimum atomic E-state index is -0.995. The molecule has 0 unspecified atom stereocenters. The Morgan fingerprint density at radius 1 is 1.40 bits per heavy atom. The zero-order chi connectivity index (χ0) is 14.5. The Morgan fingerprint density at radius 3 is 2.80 bits per heavy atom. The van der Waals surface area contributed by atoms with Crippen LogP contribution in [-0.2, 0) is 11.3 Å². The SMILES string of the molecule is CN(Cc1ccsc1)C(=O)COc1csc(C(=O)O)c1. The number of carboxylic acid groups (broad SMARTS) is 1. The van der Waals surface area contributed by atoms with Gasteiger partial charge in [-0.1, -0.05) is 0 Å². The van der Waals surface area contributed by atoms with Crippen LogP contribution in [0.4, 0.5) is 0 Å². The molecule has 2 rings (SSSR count). The molecule has 0 aliphatic heterocycles. The van der Waals surface area contributed by atoms with Crippen LogP contribution in [-0.4, -0.2) is 35.5 Å². The van der Waals surface area contributed by atoms with Gasteiger partial charge in [-0.25, -0.2) is 4.79 Å². The van der Waals surface area contributed by atoms with E-state index in [0.29, 0.717) is 12.3 Å². The molecule has 7 heteroatoms. The zero-order valence-electron chi connectivity index (χ0n) is 10.7. The summed E-state index contributed by atoms with van der Waals surface area (Å²) in [5.74, 6) is -0.741. The Kier molecular flexibility index (Phi) is 4.75. The molecule has 2 heterocycles. The van der Waals surface area contributed by atoms with Crippen molar-refractivity contribution in [2.75, 3.05) is 13.7 Å². The molecule has 106 valence electrons. The van der Waals surface area contributed by atoms with E-state index in [4.69, 9.17) is 9.84 Å². The van der Waals surface area contributed by atoms with E-state index in [0.717, 1.165) is 16.9 Å². The third-order valence-corrected chi connectivity index (χ3v) is 4.20. The fourth-order valence-corrected chi connectivity index (χ4v) is 2.83. The summed E-state index contributed by atoms with van der Waals surface area (Å²) in [6.45, 7) is 0.437. The Hall–Kier alpha value is -1.86. The fraction of sp³-hybridized carbons (Fsp3) is 0.231. The van der Waals surface area contributed by atoms with Gasteiger partial charge in [-0.05, 0) is 22.4 Å². The molecule has 20 heavy (non-hydrogen) atoms. The molecule has 0 aromatic carbocycles. The summed E-state index contributed by atoms with van der Waals surface area (Å²) in [5.41, 5.74) is 1.08. The predicted octanol–water partition coefficient (Wildman–Crippen LogP) is 2.55. The Bertz CT molecular complexity index is 591. The van der Waals surface area contributed by atoms with Crippen LogP contribution < -0.4 is 4.74 Å². The third-order valence-electron chi connectivity index (χ3n) is 2.57. The topological polar surface area (TPSA) is 66.8 Å². The molecule has 5 nitrogen and oxygen atoms in total. The van der Waals surface area contributed by atoms with Gasteiger partial charge in [0.15, 0.2) is 6.61 Å². The number of hydrogen-bond donors (Lipinski definition) is 1. The first-order valence-corrected chi connectivity index (χ1v) is 7.58. The van der Waals surface area contributed by atoms with Crippen molar-refractivity contribution in [3.05, 3.63) is 38.7 Å². The van der Waals surface area contributed by atoms with Gasteiger partial charge in [-0.3, -0.25) is 4.79 Å². The molecule has 0 spiro atoms. The van der Waals surface area contributed by atoms with E-state index >= 15 is 0 Å². The van der Waals surface area contributed by atoms with Crippen molar-refractivity contribution in [3.63, 3.8) is 0 Å². The predicted molar refractivity (Wildman–Crippen MR) is 77.6 cm³/mol. The Balaban J connectivity index is 1.83. The standard InChI is InChI=1S/C13H13NO4S2/c1-14(5-9-2-3-19-7-9)12(15)6-18-10-4-11(13(16)17)20-8-10/h2-4,7-8H,5-6H2,1H3,(H,16,17). The summed E-state index contributed by atoms with van der Waals surface area (Å²) in [7, 11) is 1.71. The summed E-state index contributed by atoms with van der Waals surface area (Å²) < 4.78 is 5.30. The molecule has 1 N–H and O–H groups in total. The second-order valence-corrected chi connectivity index (χ2v) is 5.81. The average Bonchev–Trinajstić information content (AvgIpc) is 3.06. The number of nitrogens with zero attached hydrogens (tertiary/aromatic N) is 1. The molecular formula is C13H13NO4S2. The number of rotatable bonds is 6. The zero-order valence-corrected chi connectivity index (χ0v) is 12.4. The summed E-state index contributed by atoms with van der Waals surface area (Å²) in [4.78, 5) is 24.4. The molecule has 2 aromatic heterocycles. The van der Waals surface area contributed by atoms with Crippen LogP contribution >= 0.6 is 22.7 Å². The van der Waals surface area contributed by atoms with Crippen LogP contribution in [0.1, 0.15) is 15.2 Å². The highest BCUT2D eigenvalue weighted by atomic mass is 32.1. The van der Waals surface area contributed by atoms with Crippen molar-refractivity contribution in [2.45, 2.75) is 6.54 Å². The van der Waals surface area contributed by atoms with Crippen LogP contribution in [0.25, 0.3) is 0 Å². The van der Waals surface area contributed by atoms with Gasteiger partial charge in [0, 0.05) is 25.0 Å². The van der Waals surface area contributed by atoms with Gasteiger partial charge in [0.25, 0.3) is 5.91 Å². The van der Waals surface area contributed by atoms with Crippen LogP contribution in [0.5, 0.6) is 5.75 Å². The van der Waals surface area contributed by atoms with Crippen molar-refractivity contribution in [2.24, 2.45) is 0 Å². The van der Waals surface area contributed by atoms with E-state index < -0.39 is 5.97 Å². The largest absolute Gasteiger partial charge is 0.483 e. The molecule has 0 aliphatic carbocycles. The van der Waals surface area contributed by atoms with Gasteiger partial charge in [-0.2, -0.15) is 11.3 Å². The van der Waals surface area contributed by atoms with E-state index in [-0.39, 0.29) is 17.4 Å².